The highest BCUT2D eigenvalue weighted by Gasteiger charge is 2.25. The van der Waals surface area contributed by atoms with Crippen molar-refractivity contribution >= 4 is 5.78 Å². The molecule has 4 nitrogen and oxygen atoms in total. The van der Waals surface area contributed by atoms with Crippen molar-refractivity contribution < 1.29 is 9.53 Å². The van der Waals surface area contributed by atoms with E-state index in [2.05, 4.69) is 18.7 Å². The minimum absolute atomic E-state index is 0.211. The van der Waals surface area contributed by atoms with Crippen molar-refractivity contribution in [1.29, 1.82) is 0 Å². The van der Waals surface area contributed by atoms with Gasteiger partial charge in [0.2, 0.25) is 0 Å². The molecule has 0 spiro atoms. The van der Waals surface area contributed by atoms with Crippen molar-refractivity contribution in [2.45, 2.75) is 58.2 Å². The van der Waals surface area contributed by atoms with Gasteiger partial charge in [0.15, 0.2) is 5.78 Å². The van der Waals surface area contributed by atoms with Crippen LogP contribution in [-0.4, -0.2) is 42.5 Å². The predicted octanol–water partition coefficient (Wildman–Crippen LogP) is 3.00. The van der Waals surface area contributed by atoms with Crippen LogP contribution in [0.15, 0.2) is 24.3 Å². The van der Waals surface area contributed by atoms with Gasteiger partial charge in [0, 0.05) is 37.7 Å². The van der Waals surface area contributed by atoms with Crippen molar-refractivity contribution in [3.8, 4) is 0 Å². The number of nitrogens with zero attached hydrogens (tertiary/aromatic N) is 1. The lowest BCUT2D eigenvalue weighted by atomic mass is 9.98. The van der Waals surface area contributed by atoms with Crippen LogP contribution >= 0.6 is 0 Å². The van der Waals surface area contributed by atoms with E-state index >= 15 is 0 Å². The average Bonchev–Trinajstić information content (AvgIpc) is 2.57. The highest BCUT2D eigenvalue weighted by Crippen LogP contribution is 2.20. The molecule has 1 aliphatic heterocycles. The van der Waals surface area contributed by atoms with Gasteiger partial charge in [-0.1, -0.05) is 24.3 Å². The fraction of sp³-hybridized carbons (Fsp3) is 0.632. The third kappa shape index (κ3) is 5.13. The van der Waals surface area contributed by atoms with Crippen molar-refractivity contribution in [3.05, 3.63) is 35.4 Å². The van der Waals surface area contributed by atoms with Gasteiger partial charge in [-0.05, 0) is 45.2 Å². The van der Waals surface area contributed by atoms with E-state index in [0.717, 1.165) is 50.1 Å². The first-order valence-corrected chi connectivity index (χ1v) is 8.82. The van der Waals surface area contributed by atoms with E-state index in [4.69, 9.17) is 10.5 Å². The quantitative estimate of drug-likeness (QED) is 0.749. The van der Waals surface area contributed by atoms with E-state index < -0.39 is 0 Å². The summed E-state index contributed by atoms with van der Waals surface area (Å²) in [5.74, 6) is 0.211. The van der Waals surface area contributed by atoms with Crippen LogP contribution in [0.5, 0.6) is 0 Å². The smallest absolute Gasteiger partial charge is 0.163 e. The maximum absolute atomic E-state index is 12.4. The first kappa shape index (κ1) is 18.1. The second-order valence-electron chi connectivity index (χ2n) is 6.37. The summed E-state index contributed by atoms with van der Waals surface area (Å²) in [7, 11) is 0. The molecule has 1 aromatic carbocycles. The van der Waals surface area contributed by atoms with Crippen molar-refractivity contribution in [3.63, 3.8) is 0 Å². The molecule has 4 heteroatoms. The Morgan fingerprint density at radius 3 is 2.87 bits per heavy atom. The van der Waals surface area contributed by atoms with E-state index in [-0.39, 0.29) is 5.78 Å². The van der Waals surface area contributed by atoms with Crippen LogP contribution in [0.25, 0.3) is 0 Å². The van der Waals surface area contributed by atoms with Crippen molar-refractivity contribution in [2.24, 2.45) is 5.73 Å². The van der Waals surface area contributed by atoms with Gasteiger partial charge < -0.3 is 15.4 Å². The number of benzene rings is 1. The number of nitrogens with two attached hydrogens (primary N) is 1. The lowest BCUT2D eigenvalue weighted by Gasteiger charge is -2.37. The fourth-order valence-electron chi connectivity index (χ4n) is 3.44. The Hall–Kier alpha value is -1.23. The zero-order valence-electron chi connectivity index (χ0n) is 14.5. The van der Waals surface area contributed by atoms with Crippen LogP contribution in [0.1, 0.15) is 55.5 Å². The lowest BCUT2D eigenvalue weighted by molar-refractivity contribution is -0.00640. The molecule has 23 heavy (non-hydrogen) atoms. The number of rotatable bonds is 8. The van der Waals surface area contributed by atoms with Crippen molar-refractivity contribution in [1.82, 2.24) is 4.90 Å². The topological polar surface area (TPSA) is 55.6 Å². The van der Waals surface area contributed by atoms with Crippen LogP contribution in [0.3, 0.4) is 0 Å². The largest absolute Gasteiger partial charge is 0.378 e. The van der Waals surface area contributed by atoms with Gasteiger partial charge >= 0.3 is 0 Å². The zero-order chi connectivity index (χ0) is 16.7. The summed E-state index contributed by atoms with van der Waals surface area (Å²) in [4.78, 5) is 14.9. The van der Waals surface area contributed by atoms with Crippen LogP contribution < -0.4 is 5.73 Å². The maximum atomic E-state index is 12.4. The summed E-state index contributed by atoms with van der Waals surface area (Å²) in [6.07, 6.45) is 4.10. The molecule has 2 rings (SSSR count). The Morgan fingerprint density at radius 1 is 1.39 bits per heavy atom. The minimum atomic E-state index is 0.211. The molecule has 2 atom stereocenters. The Morgan fingerprint density at radius 2 is 2.17 bits per heavy atom. The molecule has 0 bridgehead atoms. The van der Waals surface area contributed by atoms with Gasteiger partial charge in [-0.15, -0.1) is 0 Å². The molecule has 1 fully saturated rings. The molecule has 128 valence electrons. The van der Waals surface area contributed by atoms with Gasteiger partial charge in [-0.25, -0.2) is 0 Å². The van der Waals surface area contributed by atoms with Gasteiger partial charge in [0.25, 0.3) is 0 Å². The number of hydrogen-bond donors (Lipinski definition) is 1. The highest BCUT2D eigenvalue weighted by atomic mass is 16.5. The summed E-state index contributed by atoms with van der Waals surface area (Å²) in [5, 5.41) is 0. The van der Waals surface area contributed by atoms with E-state index in [9.17, 15) is 4.79 Å². The molecule has 2 N–H and O–H groups in total. The number of Topliss-reactive ketones (excluding diaryl/α,β-unsaturated/α-hetero) is 1. The standard InChI is InChI=1S/C19H30N2O2/c1-3-23-17-10-12-21(15(2)13-17)11-6-9-19(22)18-8-5-4-7-16(18)14-20/h4-5,7-8,15,17H,3,6,9-14,20H2,1-2H3. The van der Waals surface area contributed by atoms with Crippen LogP contribution in [0.2, 0.25) is 0 Å². The second kappa shape index (κ2) is 9.16. The molecule has 0 amide bonds. The number of likely N-dealkylation sites (tertiary alicyclic amines) is 1. The van der Waals surface area contributed by atoms with E-state index in [0.29, 0.717) is 25.1 Å². The van der Waals surface area contributed by atoms with E-state index in [1.807, 2.05) is 24.3 Å². The van der Waals surface area contributed by atoms with Crippen LogP contribution in [0.4, 0.5) is 0 Å². The summed E-state index contributed by atoms with van der Waals surface area (Å²) in [5.41, 5.74) is 7.46. The Kier molecular flexibility index (Phi) is 7.21. The van der Waals surface area contributed by atoms with E-state index in [1.54, 1.807) is 0 Å². The Bertz CT molecular complexity index is 504. The average molecular weight is 318 g/mol. The summed E-state index contributed by atoms with van der Waals surface area (Å²) < 4.78 is 5.73. The van der Waals surface area contributed by atoms with Crippen LogP contribution in [-0.2, 0) is 11.3 Å². The molecular weight excluding hydrogens is 288 g/mol. The van der Waals surface area contributed by atoms with E-state index in [1.165, 1.54) is 0 Å². The van der Waals surface area contributed by atoms with Gasteiger partial charge in [0.1, 0.15) is 0 Å². The monoisotopic (exact) mass is 318 g/mol. The van der Waals surface area contributed by atoms with Gasteiger partial charge in [-0.2, -0.15) is 0 Å². The predicted molar refractivity (Wildman–Crippen MR) is 93.6 cm³/mol. The third-order valence-corrected chi connectivity index (χ3v) is 4.75. The summed E-state index contributed by atoms with van der Waals surface area (Å²) in [6, 6.07) is 8.21. The third-order valence-electron chi connectivity index (χ3n) is 4.75. The lowest BCUT2D eigenvalue weighted by Crippen LogP contribution is -2.43. The molecule has 0 radical (unpaired) electrons. The number of ether oxygens (including phenoxy) is 1. The van der Waals surface area contributed by atoms with Gasteiger partial charge in [0.05, 0.1) is 6.10 Å². The second-order valence-corrected chi connectivity index (χ2v) is 6.37. The number of carbonyl (C=O) groups excluding carboxylic acids is 1. The molecular formula is C19H30N2O2. The molecule has 1 aromatic rings. The first-order valence-electron chi connectivity index (χ1n) is 8.82. The normalized spacial score (nSPS) is 22.2. The molecule has 1 aliphatic rings. The maximum Gasteiger partial charge on any atom is 0.163 e. The molecule has 0 aliphatic carbocycles. The number of carbonyl (C=O) groups is 1. The fourth-order valence-corrected chi connectivity index (χ4v) is 3.44. The molecule has 2 unspecified atom stereocenters. The SMILES string of the molecule is CCOC1CCN(CCCC(=O)c2ccccc2CN)C(C)C1. The molecule has 0 saturated carbocycles. The molecule has 1 saturated heterocycles. The number of hydrogen-bond acceptors (Lipinski definition) is 4. The zero-order valence-corrected chi connectivity index (χ0v) is 14.5. The number of ketones is 1. The summed E-state index contributed by atoms with van der Waals surface area (Å²) in [6.45, 7) is 7.59. The molecule has 1 heterocycles. The van der Waals surface area contributed by atoms with Crippen LogP contribution in [0, 0.1) is 0 Å². The summed E-state index contributed by atoms with van der Waals surface area (Å²) >= 11 is 0. The van der Waals surface area contributed by atoms with Gasteiger partial charge in [-0.3, -0.25) is 4.79 Å². The Labute approximate surface area is 140 Å². The highest BCUT2D eigenvalue weighted by molar-refractivity contribution is 5.97. The molecule has 0 aromatic heterocycles. The minimum Gasteiger partial charge on any atom is -0.378 e. The first-order chi connectivity index (χ1) is 11.2. The number of piperidine rings is 1. The Balaban J connectivity index is 1.78. The van der Waals surface area contributed by atoms with Crippen molar-refractivity contribution in [2.75, 3.05) is 19.7 Å².